The van der Waals surface area contributed by atoms with Gasteiger partial charge in [0.25, 0.3) is 5.91 Å². The lowest BCUT2D eigenvalue weighted by Crippen LogP contribution is -2.56. The Kier molecular flexibility index (Phi) is 11.9. The Morgan fingerprint density at radius 2 is 1.72 bits per heavy atom. The van der Waals surface area contributed by atoms with Crippen molar-refractivity contribution in [1.29, 1.82) is 0 Å². The molecule has 3 heterocycles. The number of benzene rings is 3. The third-order valence-corrected chi connectivity index (χ3v) is 10.5. The molecule has 0 aliphatic carbocycles. The molecule has 1 aromatic heterocycles. The topological polar surface area (TPSA) is 130 Å². The number of likely N-dealkylation sites (N-methyl/N-ethyl adjacent to an activating group) is 1. The Morgan fingerprint density at radius 3 is 2.45 bits per heavy atom. The summed E-state index contributed by atoms with van der Waals surface area (Å²) in [4.78, 5) is 58.7. The predicted octanol–water partition coefficient (Wildman–Crippen LogP) is 5.53. The van der Waals surface area contributed by atoms with Crippen molar-refractivity contribution in [1.82, 2.24) is 20.4 Å². The van der Waals surface area contributed by atoms with Crippen molar-refractivity contribution in [3.05, 3.63) is 94.7 Å². The number of nitrogens with one attached hydrogen (secondary N) is 2. The summed E-state index contributed by atoms with van der Waals surface area (Å²) >= 11 is 6.15. The van der Waals surface area contributed by atoms with Gasteiger partial charge in [0.05, 0.1) is 31.8 Å². The van der Waals surface area contributed by atoms with Gasteiger partial charge in [-0.2, -0.15) is 0 Å². The molecule has 53 heavy (non-hydrogen) atoms. The van der Waals surface area contributed by atoms with Gasteiger partial charge >= 0.3 is 0 Å². The van der Waals surface area contributed by atoms with Gasteiger partial charge in [0.15, 0.2) is 11.5 Å². The maximum Gasteiger partial charge on any atom is 0.254 e. The lowest BCUT2D eigenvalue weighted by atomic mass is 9.79. The molecule has 4 amide bonds. The van der Waals surface area contributed by atoms with Crippen LogP contribution in [-0.4, -0.2) is 85.9 Å². The van der Waals surface area contributed by atoms with E-state index in [-0.39, 0.29) is 54.5 Å². The van der Waals surface area contributed by atoms with E-state index in [1.54, 1.807) is 53.4 Å². The molecule has 4 atom stereocenters. The first-order chi connectivity index (χ1) is 25.5. The molecule has 3 unspecified atom stereocenters. The number of rotatable bonds is 13. The molecular weight excluding hydrogens is 696 g/mol. The van der Waals surface area contributed by atoms with E-state index >= 15 is 0 Å². The van der Waals surface area contributed by atoms with E-state index < -0.39 is 12.0 Å². The standard InChI is InChI=1S/C41H47ClN4O7/c1-25(2)53-35-16-13-27(17-37(35)51-4)41(50)46-21-29-20-45(38(47)18-28-24-52-36-19-30(42)14-15-31(28)36)23-33(32(29)22-46)39(48)44-34(40(49)43-3)12-8-11-26-9-6-5-7-10-26/h5-7,9-10,13-17,19,24-25,29,32-34H,8,11-12,18,20-23H2,1-4H3,(H,43,49)(H,44,48)/t29?,32?,33?,34-/m0/s1. The third-order valence-electron chi connectivity index (χ3n) is 10.3. The summed E-state index contributed by atoms with van der Waals surface area (Å²) in [7, 11) is 3.09. The monoisotopic (exact) mass is 742 g/mol. The van der Waals surface area contributed by atoms with Crippen LogP contribution in [0.1, 0.15) is 48.2 Å². The Hall–Kier alpha value is -5.03. The maximum atomic E-state index is 14.3. The van der Waals surface area contributed by atoms with Crippen molar-refractivity contribution < 1.29 is 33.1 Å². The minimum Gasteiger partial charge on any atom is -0.493 e. The van der Waals surface area contributed by atoms with Crippen molar-refractivity contribution in [2.75, 3.05) is 40.3 Å². The molecule has 0 bridgehead atoms. The van der Waals surface area contributed by atoms with E-state index in [1.165, 1.54) is 7.11 Å². The molecule has 4 aromatic rings. The van der Waals surface area contributed by atoms with Crippen LogP contribution in [0, 0.1) is 17.8 Å². The van der Waals surface area contributed by atoms with Gasteiger partial charge in [0, 0.05) is 54.8 Å². The molecule has 3 aromatic carbocycles. The quantitative estimate of drug-likeness (QED) is 0.185. The van der Waals surface area contributed by atoms with Gasteiger partial charge in [-0.05, 0) is 86.9 Å². The highest BCUT2D eigenvalue weighted by Crippen LogP contribution is 2.38. The van der Waals surface area contributed by atoms with E-state index in [0.717, 1.165) is 22.9 Å². The van der Waals surface area contributed by atoms with Gasteiger partial charge in [-0.15, -0.1) is 0 Å². The van der Waals surface area contributed by atoms with Crippen LogP contribution >= 0.6 is 11.6 Å². The minimum atomic E-state index is -0.747. The van der Waals surface area contributed by atoms with E-state index in [0.29, 0.717) is 60.1 Å². The highest BCUT2D eigenvalue weighted by Gasteiger charge is 2.48. The maximum absolute atomic E-state index is 14.3. The zero-order chi connectivity index (χ0) is 37.6. The first-order valence-corrected chi connectivity index (χ1v) is 18.6. The Bertz CT molecular complexity index is 1950. The fourth-order valence-electron chi connectivity index (χ4n) is 7.60. The van der Waals surface area contributed by atoms with Gasteiger partial charge in [-0.1, -0.05) is 41.9 Å². The largest absolute Gasteiger partial charge is 0.493 e. The molecule has 0 spiro atoms. The van der Waals surface area contributed by atoms with Crippen molar-refractivity contribution >= 4 is 46.2 Å². The number of fused-ring (bicyclic) bond motifs is 2. The first kappa shape index (κ1) is 37.7. The normalized spacial score (nSPS) is 18.8. The summed E-state index contributed by atoms with van der Waals surface area (Å²) in [6.45, 7) is 5.09. The molecule has 12 heteroatoms. The summed E-state index contributed by atoms with van der Waals surface area (Å²) in [5, 5.41) is 7.06. The molecule has 11 nitrogen and oxygen atoms in total. The fourth-order valence-corrected chi connectivity index (χ4v) is 7.76. The lowest BCUT2D eigenvalue weighted by Gasteiger charge is -2.40. The van der Waals surface area contributed by atoms with Crippen LogP contribution in [0.15, 0.2) is 77.4 Å². The van der Waals surface area contributed by atoms with E-state index in [2.05, 4.69) is 10.6 Å². The van der Waals surface area contributed by atoms with Crippen molar-refractivity contribution in [2.24, 2.45) is 17.8 Å². The SMILES string of the molecule is CNC(=O)[C@H](CCCc1ccccc1)NC(=O)C1CN(C(=O)Cc2coc3cc(Cl)ccc23)CC2CN(C(=O)c3ccc(OC(C)C)c(OC)c3)CC21. The van der Waals surface area contributed by atoms with Crippen LogP contribution < -0.4 is 20.1 Å². The summed E-state index contributed by atoms with van der Waals surface area (Å²) in [6.07, 6.45) is 3.49. The highest BCUT2D eigenvalue weighted by molar-refractivity contribution is 6.31. The van der Waals surface area contributed by atoms with Gasteiger partial charge < -0.3 is 34.3 Å². The number of furan rings is 1. The zero-order valence-corrected chi connectivity index (χ0v) is 31.4. The van der Waals surface area contributed by atoms with Crippen LogP contribution in [0.3, 0.4) is 0 Å². The summed E-state index contributed by atoms with van der Waals surface area (Å²) in [5.74, 6) is -0.957. The Balaban J connectivity index is 1.22. The first-order valence-electron chi connectivity index (χ1n) is 18.2. The molecule has 2 saturated heterocycles. The molecule has 6 rings (SSSR count). The second-order valence-corrected chi connectivity index (χ2v) is 14.6. The van der Waals surface area contributed by atoms with Gasteiger partial charge in [0.1, 0.15) is 11.6 Å². The average molecular weight is 743 g/mol. The number of carbonyl (C=O) groups excluding carboxylic acids is 4. The van der Waals surface area contributed by atoms with Gasteiger partial charge in [-0.3, -0.25) is 19.2 Å². The third kappa shape index (κ3) is 8.79. The molecule has 2 aliphatic heterocycles. The average Bonchev–Trinajstić information content (AvgIpc) is 3.77. The van der Waals surface area contributed by atoms with Gasteiger partial charge in [0.2, 0.25) is 17.7 Å². The van der Waals surface area contributed by atoms with Crippen molar-refractivity contribution in [2.45, 2.75) is 51.7 Å². The van der Waals surface area contributed by atoms with Crippen LogP contribution in [-0.2, 0) is 27.2 Å². The molecule has 2 N–H and O–H groups in total. The molecule has 2 aliphatic rings. The summed E-state index contributed by atoms with van der Waals surface area (Å²) in [6, 6.07) is 19.7. The molecule has 0 radical (unpaired) electrons. The highest BCUT2D eigenvalue weighted by atomic mass is 35.5. The molecule has 280 valence electrons. The van der Waals surface area contributed by atoms with Gasteiger partial charge in [-0.25, -0.2) is 0 Å². The number of carbonyl (C=O) groups is 4. The van der Waals surface area contributed by atoms with Crippen LogP contribution in [0.2, 0.25) is 5.02 Å². The van der Waals surface area contributed by atoms with E-state index in [1.807, 2.05) is 50.2 Å². The second kappa shape index (κ2) is 16.8. The number of ether oxygens (including phenoxy) is 2. The second-order valence-electron chi connectivity index (χ2n) is 14.2. The number of nitrogens with zero attached hydrogens (tertiary/aromatic N) is 2. The smallest absolute Gasteiger partial charge is 0.254 e. The lowest BCUT2D eigenvalue weighted by molar-refractivity contribution is -0.140. The minimum absolute atomic E-state index is 0.0709. The van der Waals surface area contributed by atoms with Crippen LogP contribution in [0.4, 0.5) is 0 Å². The van der Waals surface area contributed by atoms with Crippen molar-refractivity contribution in [3.8, 4) is 11.5 Å². The van der Waals surface area contributed by atoms with E-state index in [4.69, 9.17) is 25.5 Å². The number of likely N-dealkylation sites (tertiary alicyclic amines) is 2. The van der Waals surface area contributed by atoms with E-state index in [9.17, 15) is 19.2 Å². The number of methoxy groups -OCH3 is 1. The number of hydrogen-bond acceptors (Lipinski definition) is 7. The molecule has 2 fully saturated rings. The van der Waals surface area contributed by atoms with Crippen LogP contribution in [0.5, 0.6) is 11.5 Å². The Morgan fingerprint density at radius 1 is 0.943 bits per heavy atom. The number of aryl methyl sites for hydroxylation is 1. The zero-order valence-electron chi connectivity index (χ0n) is 30.6. The molecule has 0 saturated carbocycles. The number of amides is 4. The number of hydrogen-bond donors (Lipinski definition) is 2. The summed E-state index contributed by atoms with van der Waals surface area (Å²) < 4.78 is 17.1. The fraction of sp³-hybridized carbons (Fsp3) is 0.415. The van der Waals surface area contributed by atoms with Crippen molar-refractivity contribution in [3.63, 3.8) is 0 Å². The summed E-state index contributed by atoms with van der Waals surface area (Å²) in [5.41, 5.74) is 2.91. The number of halogens is 1. The number of piperidine rings is 1. The predicted molar refractivity (Wildman–Crippen MR) is 202 cm³/mol. The molecular formula is C41H47ClN4O7. The Labute approximate surface area is 314 Å². The van der Waals surface area contributed by atoms with Crippen LogP contribution in [0.25, 0.3) is 11.0 Å².